The molecule has 0 amide bonds. The highest BCUT2D eigenvalue weighted by Gasteiger charge is 2.36. The molecule has 0 spiro atoms. The van der Waals surface area contributed by atoms with Gasteiger partial charge in [0.25, 0.3) is 0 Å². The summed E-state index contributed by atoms with van der Waals surface area (Å²) < 4.78 is 39.9. The smallest absolute Gasteiger partial charge is 0.380 e. The number of carbonyl (C=O) groups is 1. The average molecular weight is 404 g/mol. The Balaban J connectivity index is 1.99. The molecule has 0 radical (unpaired) electrons. The Labute approximate surface area is 152 Å². The van der Waals surface area contributed by atoms with Crippen molar-refractivity contribution in [3.05, 3.63) is 50.6 Å². The fourth-order valence-corrected chi connectivity index (χ4v) is 2.90. The maximum atomic E-state index is 13.2. The van der Waals surface area contributed by atoms with E-state index in [4.69, 9.17) is 17.3 Å². The third-order valence-corrected chi connectivity index (χ3v) is 4.39. The number of aryl methyl sites for hydroxylation is 1. The zero-order valence-electron chi connectivity index (χ0n) is 12.9. The molecule has 0 bridgehead atoms. The van der Waals surface area contributed by atoms with Gasteiger partial charge in [-0.25, -0.2) is 14.3 Å². The monoisotopic (exact) mass is 403 g/mol. The van der Waals surface area contributed by atoms with Crippen molar-refractivity contribution in [3.63, 3.8) is 0 Å². The minimum atomic E-state index is -4.72. The lowest BCUT2D eigenvalue weighted by atomic mass is 10.3. The maximum absolute atomic E-state index is 13.2. The topological polar surface area (TPSA) is 94.9 Å². The van der Waals surface area contributed by atoms with E-state index in [0.29, 0.717) is 9.39 Å². The van der Waals surface area contributed by atoms with Crippen molar-refractivity contribution >= 4 is 40.4 Å². The number of nitrogens with two attached hydrogens (primary N) is 1. The van der Waals surface area contributed by atoms with Crippen LogP contribution in [0.2, 0.25) is 5.02 Å². The molecule has 0 unspecified atom stereocenters. The molecular formula is C14H9ClF3N5O2S. The fraction of sp³-hybridized carbons (Fsp3) is 0.143. The van der Waals surface area contributed by atoms with Crippen molar-refractivity contribution in [2.45, 2.75) is 13.1 Å². The first-order valence-electron chi connectivity index (χ1n) is 6.90. The van der Waals surface area contributed by atoms with Crippen molar-refractivity contribution in [1.82, 2.24) is 14.6 Å². The van der Waals surface area contributed by atoms with Gasteiger partial charge in [0.05, 0.1) is 4.88 Å². The second-order valence-electron chi connectivity index (χ2n) is 5.01. The lowest BCUT2D eigenvalue weighted by molar-refractivity contribution is -0.142. The molecule has 12 heteroatoms. The van der Waals surface area contributed by atoms with Crippen LogP contribution in [-0.4, -0.2) is 26.4 Å². The second-order valence-corrected chi connectivity index (χ2v) is 6.34. The number of aromatic nitrogens is 3. The molecule has 3 rings (SSSR count). The zero-order chi connectivity index (χ0) is 19.1. The van der Waals surface area contributed by atoms with Crippen molar-refractivity contribution in [2.75, 3.05) is 0 Å². The first-order valence-corrected chi connectivity index (χ1v) is 8.16. The van der Waals surface area contributed by atoms with E-state index >= 15 is 0 Å². The van der Waals surface area contributed by atoms with E-state index in [-0.39, 0.29) is 22.2 Å². The van der Waals surface area contributed by atoms with E-state index in [0.717, 1.165) is 6.07 Å². The van der Waals surface area contributed by atoms with Gasteiger partial charge in [-0.15, -0.1) is 11.3 Å². The molecule has 7 nitrogen and oxygen atoms in total. The Morgan fingerprint density at radius 2 is 2.19 bits per heavy atom. The van der Waals surface area contributed by atoms with Crippen LogP contribution in [0.4, 0.5) is 13.2 Å². The molecule has 0 fully saturated rings. The summed E-state index contributed by atoms with van der Waals surface area (Å²) in [6.07, 6.45) is -4.72. The lowest BCUT2D eigenvalue weighted by Gasteiger charge is -2.09. The highest BCUT2D eigenvalue weighted by Crippen LogP contribution is 2.32. The van der Waals surface area contributed by atoms with Crippen molar-refractivity contribution < 1.29 is 22.8 Å². The number of nitrogens with zero attached hydrogens (tertiary/aromatic N) is 4. The number of hydrogen-bond donors (Lipinski definition) is 1. The minimum absolute atomic E-state index is 0.0616. The van der Waals surface area contributed by atoms with Crippen LogP contribution in [0, 0.1) is 6.92 Å². The van der Waals surface area contributed by atoms with Gasteiger partial charge in [0.15, 0.2) is 17.2 Å². The number of fused-ring (bicyclic) bond motifs is 1. The van der Waals surface area contributed by atoms with Crippen LogP contribution in [0.5, 0.6) is 0 Å². The second kappa shape index (κ2) is 6.57. The predicted octanol–water partition coefficient (Wildman–Crippen LogP) is 3.25. The van der Waals surface area contributed by atoms with Crippen molar-refractivity contribution in [3.8, 4) is 0 Å². The molecule has 0 aromatic carbocycles. The SMILES string of the molecule is Cc1cc(C(F)(F)F)n2nc(C(=O)O/N=C(\N)c3cccs3)c(Cl)c2n1. The minimum Gasteiger partial charge on any atom is -0.380 e. The molecule has 2 N–H and O–H groups in total. The van der Waals surface area contributed by atoms with Gasteiger partial charge in [-0.05, 0) is 24.4 Å². The third-order valence-electron chi connectivity index (χ3n) is 3.15. The van der Waals surface area contributed by atoms with Gasteiger partial charge in [-0.1, -0.05) is 22.8 Å². The number of oxime groups is 1. The van der Waals surface area contributed by atoms with Crippen LogP contribution in [-0.2, 0) is 11.0 Å². The van der Waals surface area contributed by atoms with Crippen LogP contribution in [0.1, 0.15) is 26.8 Å². The van der Waals surface area contributed by atoms with E-state index < -0.39 is 23.5 Å². The molecule has 3 heterocycles. The molecule has 0 aliphatic heterocycles. The van der Waals surface area contributed by atoms with Gasteiger partial charge < -0.3 is 10.6 Å². The van der Waals surface area contributed by atoms with Crippen LogP contribution < -0.4 is 5.73 Å². The van der Waals surface area contributed by atoms with Gasteiger partial charge in [-0.2, -0.15) is 18.3 Å². The molecule has 3 aromatic rings. The number of alkyl halides is 3. The number of rotatable bonds is 3. The molecule has 3 aromatic heterocycles. The molecule has 0 atom stereocenters. The van der Waals surface area contributed by atoms with Gasteiger partial charge in [-0.3, -0.25) is 0 Å². The van der Waals surface area contributed by atoms with Gasteiger partial charge in [0.1, 0.15) is 10.7 Å². The first-order chi connectivity index (χ1) is 12.2. The van der Waals surface area contributed by atoms with E-state index in [1.807, 2.05) is 0 Å². The summed E-state index contributed by atoms with van der Waals surface area (Å²) in [5.41, 5.74) is 3.71. The van der Waals surface area contributed by atoms with Crippen LogP contribution >= 0.6 is 22.9 Å². The summed E-state index contributed by atoms with van der Waals surface area (Å²) in [6.45, 7) is 1.36. The van der Waals surface area contributed by atoms with Crippen LogP contribution in [0.25, 0.3) is 5.65 Å². The fourth-order valence-electron chi connectivity index (χ4n) is 2.05. The normalized spacial score (nSPS) is 12.6. The Hall–Kier alpha value is -2.66. The number of carbonyl (C=O) groups excluding carboxylic acids is 1. The van der Waals surface area contributed by atoms with Crippen LogP contribution in [0.3, 0.4) is 0 Å². The van der Waals surface area contributed by atoms with Crippen LogP contribution in [0.15, 0.2) is 28.7 Å². The maximum Gasteiger partial charge on any atom is 0.433 e. The largest absolute Gasteiger partial charge is 0.433 e. The number of thiophene rings is 1. The number of hydrogen-bond acceptors (Lipinski definition) is 6. The molecule has 0 saturated carbocycles. The molecule has 26 heavy (non-hydrogen) atoms. The Morgan fingerprint density at radius 3 is 2.81 bits per heavy atom. The number of amidine groups is 1. The first kappa shape index (κ1) is 18.1. The van der Waals surface area contributed by atoms with Crippen molar-refractivity contribution in [1.29, 1.82) is 0 Å². The van der Waals surface area contributed by atoms with E-state index in [9.17, 15) is 18.0 Å². The van der Waals surface area contributed by atoms with E-state index in [1.165, 1.54) is 18.3 Å². The average Bonchev–Trinajstić information content (AvgIpc) is 3.20. The molecular weight excluding hydrogens is 395 g/mol. The Bertz CT molecular complexity index is 1010. The Kier molecular flexibility index (Phi) is 4.59. The zero-order valence-corrected chi connectivity index (χ0v) is 14.5. The number of halogens is 4. The summed E-state index contributed by atoms with van der Waals surface area (Å²) in [7, 11) is 0. The summed E-state index contributed by atoms with van der Waals surface area (Å²) in [5.74, 6) is -1.23. The van der Waals surface area contributed by atoms with Gasteiger partial charge in [0, 0.05) is 5.69 Å². The summed E-state index contributed by atoms with van der Waals surface area (Å²) in [4.78, 5) is 21.2. The molecule has 0 aliphatic carbocycles. The lowest BCUT2D eigenvalue weighted by Crippen LogP contribution is -2.15. The summed E-state index contributed by atoms with van der Waals surface area (Å²) in [6, 6.07) is 4.16. The molecule has 136 valence electrons. The summed E-state index contributed by atoms with van der Waals surface area (Å²) in [5, 5.41) is 8.39. The van der Waals surface area contributed by atoms with Gasteiger partial charge >= 0.3 is 12.1 Å². The predicted molar refractivity (Wildman–Crippen MR) is 88.2 cm³/mol. The van der Waals surface area contributed by atoms with Gasteiger partial charge in [0.2, 0.25) is 0 Å². The van der Waals surface area contributed by atoms with E-state index in [1.54, 1.807) is 17.5 Å². The highest BCUT2D eigenvalue weighted by atomic mass is 35.5. The molecule has 0 saturated heterocycles. The third kappa shape index (κ3) is 3.35. The van der Waals surface area contributed by atoms with E-state index in [2.05, 4.69) is 20.1 Å². The Morgan fingerprint density at radius 1 is 1.46 bits per heavy atom. The highest BCUT2D eigenvalue weighted by molar-refractivity contribution is 7.12. The molecule has 0 aliphatic rings. The standard InChI is InChI=1S/C14H9ClF3N5O2S/c1-6-5-8(14(16,17)18)23-12(20-6)9(15)10(21-23)13(24)25-22-11(19)7-3-2-4-26-7/h2-5H,1H3,(H2,19,22). The quantitative estimate of drug-likeness (QED) is 0.313. The summed E-state index contributed by atoms with van der Waals surface area (Å²) >= 11 is 7.23. The van der Waals surface area contributed by atoms with Crippen molar-refractivity contribution in [2.24, 2.45) is 10.9 Å².